The van der Waals surface area contributed by atoms with Crippen LogP contribution >= 0.6 is 0 Å². The molecule has 0 aliphatic carbocycles. The molecule has 2 aromatic carbocycles. The molecule has 2 aliphatic heterocycles. The highest BCUT2D eigenvalue weighted by atomic mass is 16.5. The third-order valence-corrected chi connectivity index (χ3v) is 5.51. The van der Waals surface area contributed by atoms with Gasteiger partial charge in [-0.1, -0.05) is 0 Å². The largest absolute Gasteiger partial charge is 0.395 e. The Bertz CT molecular complexity index is 1080. The van der Waals surface area contributed by atoms with Gasteiger partial charge >= 0.3 is 0 Å². The highest BCUT2D eigenvalue weighted by Gasteiger charge is 2.40. The van der Waals surface area contributed by atoms with Crippen molar-refractivity contribution < 1.29 is 24.2 Å². The Hall–Kier alpha value is -3.76. The van der Waals surface area contributed by atoms with Gasteiger partial charge < -0.3 is 31.1 Å². The Kier molecular flexibility index (Phi) is 5.89. The number of aliphatic hydroxyl groups excluding tert-OH is 1. The van der Waals surface area contributed by atoms with Crippen molar-refractivity contribution in [2.45, 2.75) is 12.5 Å². The lowest BCUT2D eigenvalue weighted by atomic mass is 9.99. The molecule has 0 radical (unpaired) electrons. The van der Waals surface area contributed by atoms with Crippen molar-refractivity contribution in [3.63, 3.8) is 0 Å². The number of nitrogens with zero attached hydrogens (tertiary/aromatic N) is 1. The highest BCUT2D eigenvalue weighted by Crippen LogP contribution is 2.30. The van der Waals surface area contributed by atoms with Crippen molar-refractivity contribution in [2.24, 2.45) is 11.7 Å². The van der Waals surface area contributed by atoms with Gasteiger partial charge in [-0.25, -0.2) is 0 Å². The Labute approximate surface area is 183 Å². The van der Waals surface area contributed by atoms with Gasteiger partial charge in [-0.05, 0) is 48.0 Å². The van der Waals surface area contributed by atoms with E-state index in [1.165, 1.54) is 4.90 Å². The van der Waals surface area contributed by atoms with E-state index >= 15 is 0 Å². The third kappa shape index (κ3) is 4.18. The molecule has 0 saturated carbocycles. The Morgan fingerprint density at radius 1 is 1.28 bits per heavy atom. The molecule has 2 atom stereocenters. The van der Waals surface area contributed by atoms with Crippen LogP contribution in [0.3, 0.4) is 0 Å². The van der Waals surface area contributed by atoms with Crippen LogP contribution in [0.1, 0.15) is 11.1 Å². The fourth-order valence-electron chi connectivity index (χ4n) is 3.82. The SMILES string of the molecule is N=C(N)c1ccc(NC(=O)C(CO)[C@H]2OCCN(c3ccc4c(c3)CC(=O)N4)C2=O)cc1. The number of nitrogens with one attached hydrogen (secondary N) is 3. The van der Waals surface area contributed by atoms with Crippen LogP contribution in [0.4, 0.5) is 17.1 Å². The molecule has 0 bridgehead atoms. The summed E-state index contributed by atoms with van der Waals surface area (Å²) in [6.45, 7) is -0.0895. The van der Waals surface area contributed by atoms with Gasteiger partial charge in [0.15, 0.2) is 6.10 Å². The summed E-state index contributed by atoms with van der Waals surface area (Å²) < 4.78 is 5.59. The van der Waals surface area contributed by atoms with Gasteiger partial charge in [-0.15, -0.1) is 0 Å². The molecule has 3 amide bonds. The molecule has 1 fully saturated rings. The first-order valence-corrected chi connectivity index (χ1v) is 10.1. The van der Waals surface area contributed by atoms with E-state index in [4.69, 9.17) is 15.9 Å². The van der Waals surface area contributed by atoms with E-state index in [1.807, 2.05) is 0 Å². The number of carbonyl (C=O) groups excluding carboxylic acids is 3. The maximum absolute atomic E-state index is 13.2. The molecule has 0 aromatic heterocycles. The van der Waals surface area contributed by atoms with Crippen LogP contribution in [-0.4, -0.2) is 54.5 Å². The Morgan fingerprint density at radius 3 is 2.72 bits per heavy atom. The summed E-state index contributed by atoms with van der Waals surface area (Å²) >= 11 is 0. The van der Waals surface area contributed by atoms with Crippen molar-refractivity contribution in [2.75, 3.05) is 35.3 Å². The molecule has 10 nitrogen and oxygen atoms in total. The van der Waals surface area contributed by atoms with Crippen molar-refractivity contribution in [1.29, 1.82) is 5.41 Å². The van der Waals surface area contributed by atoms with Gasteiger partial charge in [0, 0.05) is 29.2 Å². The van der Waals surface area contributed by atoms with Crippen LogP contribution in [0.5, 0.6) is 0 Å². The number of fused-ring (bicyclic) bond motifs is 1. The molecule has 32 heavy (non-hydrogen) atoms. The topological polar surface area (TPSA) is 158 Å². The molecule has 166 valence electrons. The van der Waals surface area contributed by atoms with E-state index in [1.54, 1.807) is 42.5 Å². The average Bonchev–Trinajstić information content (AvgIpc) is 3.15. The van der Waals surface area contributed by atoms with Crippen LogP contribution in [-0.2, 0) is 25.5 Å². The first-order valence-electron chi connectivity index (χ1n) is 10.1. The van der Waals surface area contributed by atoms with E-state index in [0.29, 0.717) is 23.5 Å². The predicted molar refractivity (Wildman–Crippen MR) is 118 cm³/mol. The van der Waals surface area contributed by atoms with E-state index < -0.39 is 30.4 Å². The summed E-state index contributed by atoms with van der Waals surface area (Å²) in [7, 11) is 0. The molecule has 0 spiro atoms. The zero-order chi connectivity index (χ0) is 22.8. The second kappa shape index (κ2) is 8.77. The van der Waals surface area contributed by atoms with Crippen LogP contribution in [0.2, 0.25) is 0 Å². The molecule has 2 aromatic rings. The van der Waals surface area contributed by atoms with Gasteiger partial charge in [-0.3, -0.25) is 19.8 Å². The maximum atomic E-state index is 13.2. The van der Waals surface area contributed by atoms with E-state index in [0.717, 1.165) is 11.3 Å². The fourth-order valence-corrected chi connectivity index (χ4v) is 3.82. The summed E-state index contributed by atoms with van der Waals surface area (Å²) in [5.74, 6) is -2.31. The van der Waals surface area contributed by atoms with Gasteiger partial charge in [0.25, 0.3) is 5.91 Å². The average molecular weight is 437 g/mol. The van der Waals surface area contributed by atoms with Crippen molar-refractivity contribution in [3.8, 4) is 0 Å². The standard InChI is InChI=1S/C22H23N5O5/c23-20(24)12-1-3-14(4-2-12)25-21(30)16(11-28)19-22(31)27(7-8-32-19)15-5-6-17-13(9-15)10-18(29)26-17/h1-6,9,16,19,28H,7-8,10-11H2,(H3,23,24)(H,25,30)(H,26,29)/t16?,19-/m1/s1. The molecule has 2 heterocycles. The lowest BCUT2D eigenvalue weighted by Crippen LogP contribution is -2.54. The Balaban J connectivity index is 1.49. The monoisotopic (exact) mass is 437 g/mol. The number of hydrogen-bond acceptors (Lipinski definition) is 6. The number of benzene rings is 2. The summed E-state index contributed by atoms with van der Waals surface area (Å²) in [6, 6.07) is 11.6. The number of amidine groups is 1. The van der Waals surface area contributed by atoms with Gasteiger partial charge in [0.05, 0.1) is 25.6 Å². The van der Waals surface area contributed by atoms with Gasteiger partial charge in [0.2, 0.25) is 11.8 Å². The molecule has 10 heteroatoms. The number of morpholine rings is 1. The molecule has 6 N–H and O–H groups in total. The fraction of sp³-hybridized carbons (Fsp3) is 0.273. The molecule has 1 saturated heterocycles. The first kappa shape index (κ1) is 21.5. The summed E-state index contributed by atoms with van der Waals surface area (Å²) in [6.07, 6.45) is -0.909. The maximum Gasteiger partial charge on any atom is 0.257 e. The Morgan fingerprint density at radius 2 is 2.03 bits per heavy atom. The van der Waals surface area contributed by atoms with Crippen LogP contribution < -0.4 is 21.3 Å². The van der Waals surface area contributed by atoms with Crippen molar-refractivity contribution in [1.82, 2.24) is 0 Å². The summed E-state index contributed by atoms with van der Waals surface area (Å²) in [4.78, 5) is 39.1. The molecule has 4 rings (SSSR count). The molecule has 1 unspecified atom stereocenters. The summed E-state index contributed by atoms with van der Waals surface area (Å²) in [5.41, 5.74) is 8.51. The van der Waals surface area contributed by atoms with E-state index in [-0.39, 0.29) is 24.8 Å². The minimum Gasteiger partial charge on any atom is -0.395 e. The molecule has 2 aliphatic rings. The number of amides is 3. The van der Waals surface area contributed by atoms with Crippen LogP contribution in [0.15, 0.2) is 42.5 Å². The van der Waals surface area contributed by atoms with Crippen LogP contribution in [0.25, 0.3) is 0 Å². The number of carbonyl (C=O) groups is 3. The number of nitrogen functional groups attached to an aromatic ring is 1. The second-order valence-corrected chi connectivity index (χ2v) is 7.62. The van der Waals surface area contributed by atoms with Crippen LogP contribution in [0, 0.1) is 11.3 Å². The number of anilines is 3. The zero-order valence-corrected chi connectivity index (χ0v) is 17.1. The zero-order valence-electron chi connectivity index (χ0n) is 17.1. The smallest absolute Gasteiger partial charge is 0.257 e. The number of ether oxygens (including phenoxy) is 1. The first-order chi connectivity index (χ1) is 15.4. The normalized spacial score (nSPS) is 18.7. The lowest BCUT2D eigenvalue weighted by Gasteiger charge is -2.35. The van der Waals surface area contributed by atoms with Gasteiger partial charge in [-0.2, -0.15) is 0 Å². The highest BCUT2D eigenvalue weighted by molar-refractivity contribution is 6.04. The quantitative estimate of drug-likeness (QED) is 0.326. The van der Waals surface area contributed by atoms with Crippen molar-refractivity contribution in [3.05, 3.63) is 53.6 Å². The predicted octanol–water partition coefficient (Wildman–Crippen LogP) is 0.444. The number of hydrogen-bond donors (Lipinski definition) is 5. The number of aliphatic hydroxyl groups is 1. The van der Waals surface area contributed by atoms with Gasteiger partial charge in [0.1, 0.15) is 5.84 Å². The number of rotatable bonds is 6. The summed E-state index contributed by atoms with van der Waals surface area (Å²) in [5, 5.41) is 22.7. The minimum atomic E-state index is -1.15. The van der Waals surface area contributed by atoms with E-state index in [2.05, 4.69) is 10.6 Å². The lowest BCUT2D eigenvalue weighted by molar-refractivity contribution is -0.145. The van der Waals surface area contributed by atoms with E-state index in [9.17, 15) is 19.5 Å². The number of nitrogens with two attached hydrogens (primary N) is 1. The molecular formula is C22H23N5O5. The minimum absolute atomic E-state index is 0.0934. The van der Waals surface area contributed by atoms with Crippen molar-refractivity contribution >= 4 is 40.6 Å². The molecular weight excluding hydrogens is 414 g/mol. The second-order valence-electron chi connectivity index (χ2n) is 7.62. The third-order valence-electron chi connectivity index (χ3n) is 5.51.